The first-order chi connectivity index (χ1) is 7.34. The number of carbonyl (C=O) groups excluding carboxylic acids is 1. The van der Waals surface area contributed by atoms with E-state index < -0.39 is 0 Å². The molecule has 0 spiro atoms. The van der Waals surface area contributed by atoms with Crippen LogP contribution < -0.4 is 10.6 Å². The zero-order chi connectivity index (χ0) is 10.3. The Hall–Kier alpha value is -0.770. The van der Waals surface area contributed by atoms with Gasteiger partial charge in [-0.3, -0.25) is 0 Å². The minimum atomic E-state index is 0.177. The molecule has 0 aromatic heterocycles. The third-order valence-electron chi connectivity index (χ3n) is 4.07. The molecule has 4 heteroatoms. The van der Waals surface area contributed by atoms with Crippen molar-refractivity contribution in [1.29, 1.82) is 0 Å². The maximum atomic E-state index is 11.8. The van der Waals surface area contributed by atoms with Gasteiger partial charge in [0.1, 0.15) is 0 Å². The fourth-order valence-corrected chi connectivity index (χ4v) is 3.24. The van der Waals surface area contributed by atoms with E-state index in [1.54, 1.807) is 0 Å². The number of rotatable bonds is 2. The van der Waals surface area contributed by atoms with E-state index in [1.165, 1.54) is 25.7 Å². The fraction of sp³-hybridized carbons (Fsp3) is 0.909. The monoisotopic (exact) mass is 209 g/mol. The predicted octanol–water partition coefficient (Wildman–Crippen LogP) is 0.542. The first-order valence-corrected chi connectivity index (χ1v) is 6.12. The molecule has 1 aliphatic carbocycles. The Morgan fingerprint density at radius 3 is 3.07 bits per heavy atom. The molecule has 3 rings (SSSR count). The van der Waals surface area contributed by atoms with Crippen LogP contribution in [0.2, 0.25) is 0 Å². The van der Waals surface area contributed by atoms with Crippen LogP contribution >= 0.6 is 0 Å². The van der Waals surface area contributed by atoms with E-state index >= 15 is 0 Å². The molecule has 0 aromatic carbocycles. The van der Waals surface area contributed by atoms with Gasteiger partial charge in [-0.1, -0.05) is 0 Å². The van der Waals surface area contributed by atoms with Crippen molar-refractivity contribution >= 4 is 6.03 Å². The smallest absolute Gasteiger partial charge is 0.318 e. The summed E-state index contributed by atoms with van der Waals surface area (Å²) in [4.78, 5) is 13.9. The number of urea groups is 1. The predicted molar refractivity (Wildman–Crippen MR) is 57.6 cm³/mol. The molecule has 2 heterocycles. The van der Waals surface area contributed by atoms with Crippen LogP contribution in [0.25, 0.3) is 0 Å². The summed E-state index contributed by atoms with van der Waals surface area (Å²) >= 11 is 0. The van der Waals surface area contributed by atoms with Crippen LogP contribution in [0.3, 0.4) is 0 Å². The maximum absolute atomic E-state index is 11.8. The first kappa shape index (κ1) is 9.46. The number of nitrogens with one attached hydrogen (secondary N) is 2. The molecule has 2 saturated heterocycles. The SMILES string of the molecule is O=C1NC2CCCC2N1CC1CCNC1. The summed E-state index contributed by atoms with van der Waals surface area (Å²) in [5, 5.41) is 6.47. The molecule has 2 amide bonds. The molecular weight excluding hydrogens is 190 g/mol. The lowest BCUT2D eigenvalue weighted by Gasteiger charge is -2.24. The molecular formula is C11H19N3O. The van der Waals surface area contributed by atoms with Crippen molar-refractivity contribution in [2.24, 2.45) is 5.92 Å². The van der Waals surface area contributed by atoms with Crippen molar-refractivity contribution in [3.63, 3.8) is 0 Å². The van der Waals surface area contributed by atoms with Crippen LogP contribution in [0.5, 0.6) is 0 Å². The largest absolute Gasteiger partial charge is 0.333 e. The molecule has 3 fully saturated rings. The van der Waals surface area contributed by atoms with E-state index in [9.17, 15) is 4.79 Å². The number of hydrogen-bond acceptors (Lipinski definition) is 2. The van der Waals surface area contributed by atoms with Crippen molar-refractivity contribution in [2.45, 2.75) is 37.8 Å². The van der Waals surface area contributed by atoms with E-state index in [0.29, 0.717) is 18.0 Å². The Bertz CT molecular complexity index is 263. The summed E-state index contributed by atoms with van der Waals surface area (Å²) in [5.74, 6) is 0.676. The summed E-state index contributed by atoms with van der Waals surface area (Å²) in [7, 11) is 0. The molecule has 84 valence electrons. The van der Waals surface area contributed by atoms with Gasteiger partial charge < -0.3 is 15.5 Å². The van der Waals surface area contributed by atoms with Crippen LogP contribution in [0, 0.1) is 5.92 Å². The molecule has 2 aliphatic heterocycles. The lowest BCUT2D eigenvalue weighted by molar-refractivity contribution is 0.192. The average molecular weight is 209 g/mol. The van der Waals surface area contributed by atoms with Gasteiger partial charge in [0, 0.05) is 6.54 Å². The standard InChI is InChI=1S/C11H19N3O/c15-11-13-9-2-1-3-10(9)14(11)7-8-4-5-12-6-8/h8-10,12H,1-7H2,(H,13,15). The summed E-state index contributed by atoms with van der Waals surface area (Å²) in [6.07, 6.45) is 4.87. The van der Waals surface area contributed by atoms with Gasteiger partial charge >= 0.3 is 6.03 Å². The second-order valence-corrected chi connectivity index (χ2v) is 5.07. The quantitative estimate of drug-likeness (QED) is 0.697. The molecule has 0 bridgehead atoms. The minimum Gasteiger partial charge on any atom is -0.333 e. The Morgan fingerprint density at radius 1 is 1.33 bits per heavy atom. The lowest BCUT2D eigenvalue weighted by atomic mass is 10.1. The molecule has 15 heavy (non-hydrogen) atoms. The van der Waals surface area contributed by atoms with Gasteiger partial charge in [-0.05, 0) is 44.7 Å². The number of carbonyl (C=O) groups is 1. The van der Waals surface area contributed by atoms with Crippen LogP contribution in [-0.2, 0) is 0 Å². The van der Waals surface area contributed by atoms with Crippen molar-refractivity contribution in [2.75, 3.05) is 19.6 Å². The highest BCUT2D eigenvalue weighted by atomic mass is 16.2. The second-order valence-electron chi connectivity index (χ2n) is 5.07. The van der Waals surface area contributed by atoms with Crippen LogP contribution in [0.1, 0.15) is 25.7 Å². The average Bonchev–Trinajstić information content (AvgIpc) is 2.86. The van der Waals surface area contributed by atoms with Crippen LogP contribution in [0.4, 0.5) is 4.79 Å². The van der Waals surface area contributed by atoms with Crippen molar-refractivity contribution in [3.8, 4) is 0 Å². The van der Waals surface area contributed by atoms with Gasteiger partial charge in [-0.2, -0.15) is 0 Å². The Kier molecular flexibility index (Phi) is 2.31. The third-order valence-corrected chi connectivity index (χ3v) is 4.07. The summed E-state index contributed by atoms with van der Waals surface area (Å²) < 4.78 is 0. The van der Waals surface area contributed by atoms with Crippen molar-refractivity contribution in [1.82, 2.24) is 15.5 Å². The van der Waals surface area contributed by atoms with E-state index in [-0.39, 0.29) is 6.03 Å². The highest BCUT2D eigenvalue weighted by Gasteiger charge is 2.42. The van der Waals surface area contributed by atoms with Crippen molar-refractivity contribution < 1.29 is 4.79 Å². The first-order valence-electron chi connectivity index (χ1n) is 6.12. The van der Waals surface area contributed by atoms with E-state index in [2.05, 4.69) is 15.5 Å². The Balaban J connectivity index is 1.65. The molecule has 2 N–H and O–H groups in total. The van der Waals surface area contributed by atoms with Gasteiger partial charge in [0.25, 0.3) is 0 Å². The van der Waals surface area contributed by atoms with Gasteiger partial charge in [0.05, 0.1) is 12.1 Å². The van der Waals surface area contributed by atoms with Gasteiger partial charge in [0.15, 0.2) is 0 Å². The minimum absolute atomic E-state index is 0.177. The number of hydrogen-bond donors (Lipinski definition) is 2. The Labute approximate surface area is 90.4 Å². The summed E-state index contributed by atoms with van der Waals surface area (Å²) in [6, 6.07) is 1.13. The van der Waals surface area contributed by atoms with Gasteiger partial charge in [-0.15, -0.1) is 0 Å². The summed E-state index contributed by atoms with van der Waals surface area (Å²) in [6.45, 7) is 3.16. The molecule has 3 atom stereocenters. The molecule has 1 saturated carbocycles. The second kappa shape index (κ2) is 3.67. The Morgan fingerprint density at radius 2 is 2.27 bits per heavy atom. The lowest BCUT2D eigenvalue weighted by Crippen LogP contribution is -2.38. The zero-order valence-corrected chi connectivity index (χ0v) is 9.04. The summed E-state index contributed by atoms with van der Waals surface area (Å²) in [5.41, 5.74) is 0. The van der Waals surface area contributed by atoms with E-state index in [1.807, 2.05) is 0 Å². The highest BCUT2D eigenvalue weighted by Crippen LogP contribution is 2.30. The molecule has 0 radical (unpaired) electrons. The van der Waals surface area contributed by atoms with Crippen LogP contribution in [0.15, 0.2) is 0 Å². The third kappa shape index (κ3) is 1.61. The fourth-order valence-electron chi connectivity index (χ4n) is 3.24. The maximum Gasteiger partial charge on any atom is 0.318 e. The molecule has 3 aliphatic rings. The van der Waals surface area contributed by atoms with E-state index in [4.69, 9.17) is 0 Å². The molecule has 0 aromatic rings. The molecule has 4 nitrogen and oxygen atoms in total. The van der Waals surface area contributed by atoms with Gasteiger partial charge in [-0.25, -0.2) is 4.79 Å². The normalized spacial score (nSPS) is 39.6. The van der Waals surface area contributed by atoms with Gasteiger partial charge in [0.2, 0.25) is 0 Å². The van der Waals surface area contributed by atoms with E-state index in [0.717, 1.165) is 19.6 Å². The topological polar surface area (TPSA) is 44.4 Å². The molecule has 3 unspecified atom stereocenters. The number of fused-ring (bicyclic) bond motifs is 1. The number of amides is 2. The number of nitrogens with zero attached hydrogens (tertiary/aromatic N) is 1. The van der Waals surface area contributed by atoms with Crippen LogP contribution in [-0.4, -0.2) is 42.6 Å². The zero-order valence-electron chi connectivity index (χ0n) is 9.04. The van der Waals surface area contributed by atoms with Crippen molar-refractivity contribution in [3.05, 3.63) is 0 Å². The highest BCUT2D eigenvalue weighted by molar-refractivity contribution is 5.77.